The van der Waals surface area contributed by atoms with Crippen LogP contribution in [0.4, 0.5) is 0 Å². The van der Waals surface area contributed by atoms with Crippen molar-refractivity contribution in [3.63, 3.8) is 0 Å². The maximum atomic E-state index is 11.4. The quantitative estimate of drug-likeness (QED) is 0.694. The first-order valence-corrected chi connectivity index (χ1v) is 5.88. The molecule has 0 saturated carbocycles. The molecule has 0 aliphatic rings. The number of nitrogens with zero attached hydrogens (tertiary/aromatic N) is 5. The minimum absolute atomic E-state index is 0.0466. The standard InChI is InChI=1S/C12H10N6O3/c1-17-11-7(4-15-17)9(8(3-14-11)12(20)21)18-5-6(2-16-18)10(13)19/h2-5H,1H3,(H2,13,19)(H,20,21). The molecular formula is C12H10N6O3. The molecule has 3 aromatic rings. The van der Waals surface area contributed by atoms with E-state index in [1.807, 2.05) is 0 Å². The average molecular weight is 286 g/mol. The Morgan fingerprint density at radius 1 is 1.24 bits per heavy atom. The van der Waals surface area contributed by atoms with Crippen molar-refractivity contribution in [2.45, 2.75) is 0 Å². The molecule has 0 spiro atoms. The zero-order valence-electron chi connectivity index (χ0n) is 10.9. The van der Waals surface area contributed by atoms with E-state index < -0.39 is 11.9 Å². The highest BCUT2D eigenvalue weighted by Gasteiger charge is 2.19. The van der Waals surface area contributed by atoms with E-state index in [0.29, 0.717) is 11.0 Å². The van der Waals surface area contributed by atoms with Gasteiger partial charge in [-0.05, 0) is 0 Å². The van der Waals surface area contributed by atoms with Crippen LogP contribution >= 0.6 is 0 Å². The summed E-state index contributed by atoms with van der Waals surface area (Å²) in [6.07, 6.45) is 5.37. The fourth-order valence-corrected chi connectivity index (χ4v) is 2.06. The molecule has 0 radical (unpaired) electrons. The number of carbonyl (C=O) groups is 2. The lowest BCUT2D eigenvalue weighted by Crippen LogP contribution is -2.10. The number of rotatable bonds is 3. The molecule has 0 unspecified atom stereocenters. The highest BCUT2D eigenvalue weighted by atomic mass is 16.4. The Balaban J connectivity index is 2.34. The number of hydrogen-bond donors (Lipinski definition) is 2. The van der Waals surface area contributed by atoms with Crippen molar-refractivity contribution in [1.82, 2.24) is 24.5 Å². The number of aromatic carboxylic acids is 1. The molecule has 21 heavy (non-hydrogen) atoms. The molecule has 0 bridgehead atoms. The number of aromatic nitrogens is 5. The van der Waals surface area contributed by atoms with Crippen molar-refractivity contribution in [2.75, 3.05) is 0 Å². The summed E-state index contributed by atoms with van der Waals surface area (Å²) in [7, 11) is 1.69. The van der Waals surface area contributed by atoms with Crippen molar-refractivity contribution >= 4 is 22.9 Å². The molecule has 3 N–H and O–H groups in total. The van der Waals surface area contributed by atoms with Gasteiger partial charge in [-0.15, -0.1) is 0 Å². The topological polar surface area (TPSA) is 129 Å². The monoisotopic (exact) mass is 286 g/mol. The fourth-order valence-electron chi connectivity index (χ4n) is 2.06. The van der Waals surface area contributed by atoms with Gasteiger partial charge in [0.25, 0.3) is 5.91 Å². The molecule has 1 amide bonds. The number of carboxylic acid groups (broad SMARTS) is 1. The molecule has 0 fully saturated rings. The van der Waals surface area contributed by atoms with Crippen LogP contribution in [0.2, 0.25) is 0 Å². The molecule has 0 aliphatic carbocycles. The lowest BCUT2D eigenvalue weighted by molar-refractivity contribution is 0.0696. The zero-order valence-corrected chi connectivity index (χ0v) is 10.9. The largest absolute Gasteiger partial charge is 0.478 e. The van der Waals surface area contributed by atoms with Gasteiger partial charge >= 0.3 is 5.97 Å². The number of pyridine rings is 1. The highest BCUT2D eigenvalue weighted by molar-refractivity contribution is 6.00. The second-order valence-corrected chi connectivity index (χ2v) is 4.37. The van der Waals surface area contributed by atoms with Crippen LogP contribution < -0.4 is 5.73 Å². The van der Waals surface area contributed by atoms with Gasteiger partial charge < -0.3 is 10.8 Å². The predicted molar refractivity (Wildman–Crippen MR) is 71.1 cm³/mol. The van der Waals surface area contributed by atoms with E-state index in [4.69, 9.17) is 5.73 Å². The van der Waals surface area contributed by atoms with Gasteiger partial charge in [-0.3, -0.25) is 9.48 Å². The molecule has 3 heterocycles. The van der Waals surface area contributed by atoms with Crippen LogP contribution in [-0.2, 0) is 7.05 Å². The number of carbonyl (C=O) groups excluding carboxylic acids is 1. The number of hydrogen-bond acceptors (Lipinski definition) is 5. The summed E-state index contributed by atoms with van der Waals surface area (Å²) in [6, 6.07) is 0. The van der Waals surface area contributed by atoms with E-state index in [1.165, 1.54) is 34.2 Å². The number of carboxylic acids is 1. The van der Waals surface area contributed by atoms with Gasteiger partial charge in [0.05, 0.1) is 29.0 Å². The second kappa shape index (κ2) is 4.40. The minimum atomic E-state index is -1.15. The van der Waals surface area contributed by atoms with Crippen LogP contribution in [0.15, 0.2) is 24.8 Å². The Morgan fingerprint density at radius 3 is 2.62 bits per heavy atom. The number of aryl methyl sites for hydroxylation is 1. The van der Waals surface area contributed by atoms with Crippen molar-refractivity contribution in [2.24, 2.45) is 12.8 Å². The lowest BCUT2D eigenvalue weighted by Gasteiger charge is -2.07. The third-order valence-electron chi connectivity index (χ3n) is 3.06. The first-order valence-electron chi connectivity index (χ1n) is 5.88. The van der Waals surface area contributed by atoms with Crippen LogP contribution in [0.1, 0.15) is 20.7 Å². The average Bonchev–Trinajstić information content (AvgIpc) is 3.05. The molecule has 3 rings (SSSR count). The van der Waals surface area contributed by atoms with Gasteiger partial charge in [-0.2, -0.15) is 10.2 Å². The SMILES string of the molecule is Cn1ncc2c(-n3cc(C(N)=O)cn3)c(C(=O)O)cnc21. The predicted octanol–water partition coefficient (Wildman–Crippen LogP) is -0.0489. The summed E-state index contributed by atoms with van der Waals surface area (Å²) >= 11 is 0. The van der Waals surface area contributed by atoms with Gasteiger partial charge in [-0.25, -0.2) is 14.5 Å². The van der Waals surface area contributed by atoms with Crippen LogP contribution in [0.3, 0.4) is 0 Å². The van der Waals surface area contributed by atoms with Gasteiger partial charge in [0.15, 0.2) is 5.65 Å². The van der Waals surface area contributed by atoms with Crippen LogP contribution in [0, 0.1) is 0 Å². The normalized spacial score (nSPS) is 10.9. The number of nitrogens with two attached hydrogens (primary N) is 1. The fraction of sp³-hybridized carbons (Fsp3) is 0.0833. The molecule has 0 saturated heterocycles. The van der Waals surface area contributed by atoms with Crippen molar-refractivity contribution < 1.29 is 14.7 Å². The molecule has 9 heteroatoms. The molecule has 9 nitrogen and oxygen atoms in total. The second-order valence-electron chi connectivity index (χ2n) is 4.37. The van der Waals surface area contributed by atoms with Crippen molar-refractivity contribution in [1.29, 1.82) is 0 Å². The summed E-state index contributed by atoms with van der Waals surface area (Å²) in [5.41, 5.74) is 6.11. The Kier molecular flexibility index (Phi) is 2.68. The first-order chi connectivity index (χ1) is 9.99. The molecular weight excluding hydrogens is 276 g/mol. The van der Waals surface area contributed by atoms with Crippen molar-refractivity contribution in [3.8, 4) is 5.69 Å². The zero-order chi connectivity index (χ0) is 15.1. The summed E-state index contributed by atoms with van der Waals surface area (Å²) in [4.78, 5) is 26.6. The third-order valence-corrected chi connectivity index (χ3v) is 3.06. The maximum Gasteiger partial charge on any atom is 0.339 e. The Hall–Kier alpha value is -3.23. The summed E-state index contributed by atoms with van der Waals surface area (Å²) < 4.78 is 2.80. The molecule has 0 aromatic carbocycles. The van der Waals surface area contributed by atoms with Crippen LogP contribution in [0.5, 0.6) is 0 Å². The smallest absolute Gasteiger partial charge is 0.339 e. The minimum Gasteiger partial charge on any atom is -0.478 e. The van der Waals surface area contributed by atoms with E-state index in [1.54, 1.807) is 7.05 Å². The number of fused-ring (bicyclic) bond motifs is 1. The summed E-state index contributed by atoms with van der Waals surface area (Å²) in [5.74, 6) is -1.80. The van der Waals surface area contributed by atoms with E-state index in [0.717, 1.165) is 0 Å². The third kappa shape index (κ3) is 1.91. The molecule has 0 atom stereocenters. The Morgan fingerprint density at radius 2 is 2.00 bits per heavy atom. The van der Waals surface area contributed by atoms with E-state index >= 15 is 0 Å². The van der Waals surface area contributed by atoms with Gasteiger partial charge in [0, 0.05) is 19.4 Å². The van der Waals surface area contributed by atoms with Gasteiger partial charge in [0.2, 0.25) is 0 Å². The molecule has 0 aliphatic heterocycles. The lowest BCUT2D eigenvalue weighted by atomic mass is 10.2. The molecule has 106 valence electrons. The van der Waals surface area contributed by atoms with Crippen LogP contribution in [0.25, 0.3) is 16.7 Å². The van der Waals surface area contributed by atoms with E-state index in [-0.39, 0.29) is 16.8 Å². The number of primary amides is 1. The van der Waals surface area contributed by atoms with Gasteiger partial charge in [-0.1, -0.05) is 0 Å². The van der Waals surface area contributed by atoms with Crippen LogP contribution in [-0.4, -0.2) is 41.5 Å². The first kappa shape index (κ1) is 12.8. The molecule has 3 aromatic heterocycles. The van der Waals surface area contributed by atoms with E-state index in [9.17, 15) is 14.7 Å². The van der Waals surface area contributed by atoms with Crippen molar-refractivity contribution in [3.05, 3.63) is 35.9 Å². The Labute approximate surface area is 117 Å². The maximum absolute atomic E-state index is 11.4. The number of amides is 1. The Bertz CT molecular complexity index is 878. The highest BCUT2D eigenvalue weighted by Crippen LogP contribution is 2.24. The van der Waals surface area contributed by atoms with Gasteiger partial charge in [0.1, 0.15) is 5.56 Å². The summed E-state index contributed by atoms with van der Waals surface area (Å²) in [5, 5.41) is 17.9. The summed E-state index contributed by atoms with van der Waals surface area (Å²) in [6.45, 7) is 0. The van der Waals surface area contributed by atoms with E-state index in [2.05, 4.69) is 15.2 Å².